The molecule has 5 nitrogen and oxygen atoms in total. The van der Waals surface area contributed by atoms with Crippen LogP contribution in [0.15, 0.2) is 53.0 Å². The molecular formula is C20H21BrClN3O2S. The molecule has 28 heavy (non-hydrogen) atoms. The third-order valence-electron chi connectivity index (χ3n) is 4.37. The average molecular weight is 483 g/mol. The number of thioether (sulfide) groups is 1. The zero-order chi connectivity index (χ0) is 19.9. The molecule has 2 aromatic rings. The van der Waals surface area contributed by atoms with Crippen LogP contribution in [0.5, 0.6) is 0 Å². The number of hydrogen-bond donors (Lipinski definition) is 1. The first-order chi connectivity index (χ1) is 13.5. The Morgan fingerprint density at radius 2 is 1.79 bits per heavy atom. The smallest absolute Gasteiger partial charge is 0.234 e. The molecule has 0 atom stereocenters. The fourth-order valence-corrected chi connectivity index (χ4v) is 4.27. The summed E-state index contributed by atoms with van der Waals surface area (Å²) in [5.74, 6) is 0.525. The molecule has 1 N–H and O–H groups in total. The lowest BCUT2D eigenvalue weighted by Crippen LogP contribution is -2.49. The molecule has 0 aromatic heterocycles. The topological polar surface area (TPSA) is 52.7 Å². The molecular weight excluding hydrogens is 462 g/mol. The minimum Gasteiger partial charge on any atom is -0.368 e. The minimum atomic E-state index is -0.110. The number of rotatable bonds is 6. The molecule has 1 aliphatic rings. The normalized spacial score (nSPS) is 14.1. The van der Waals surface area contributed by atoms with Crippen LogP contribution in [0.25, 0.3) is 0 Å². The Hall–Kier alpha value is -1.70. The number of piperazine rings is 1. The van der Waals surface area contributed by atoms with Crippen molar-refractivity contribution in [1.29, 1.82) is 0 Å². The molecule has 0 spiro atoms. The molecule has 0 bridgehead atoms. The number of carbonyl (C=O) groups excluding carboxylic acids is 2. The van der Waals surface area contributed by atoms with Crippen LogP contribution in [-0.2, 0) is 9.59 Å². The molecule has 0 unspecified atom stereocenters. The van der Waals surface area contributed by atoms with Gasteiger partial charge in [0.1, 0.15) is 0 Å². The van der Waals surface area contributed by atoms with E-state index in [1.807, 2.05) is 53.4 Å². The summed E-state index contributed by atoms with van der Waals surface area (Å²) < 4.78 is 0.907. The number of carbonyl (C=O) groups is 2. The SMILES string of the molecule is O=C(CSCC(=O)N1CCN(c2cccc(Cl)c2)CC1)Nc1cccc(Br)c1. The van der Waals surface area contributed by atoms with Gasteiger partial charge < -0.3 is 15.1 Å². The van der Waals surface area contributed by atoms with Crippen LogP contribution >= 0.6 is 39.3 Å². The lowest BCUT2D eigenvalue weighted by atomic mass is 10.2. The summed E-state index contributed by atoms with van der Waals surface area (Å²) in [6, 6.07) is 15.2. The summed E-state index contributed by atoms with van der Waals surface area (Å²) in [7, 11) is 0. The van der Waals surface area contributed by atoms with Gasteiger partial charge in [-0.25, -0.2) is 0 Å². The third kappa shape index (κ3) is 6.15. The van der Waals surface area contributed by atoms with Gasteiger partial charge in [-0.15, -0.1) is 11.8 Å². The lowest BCUT2D eigenvalue weighted by Gasteiger charge is -2.36. The molecule has 3 rings (SSSR count). The Balaban J connectivity index is 1.38. The first kappa shape index (κ1) is 21.0. The maximum absolute atomic E-state index is 12.4. The maximum atomic E-state index is 12.4. The van der Waals surface area contributed by atoms with Gasteiger partial charge in [-0.1, -0.05) is 39.7 Å². The van der Waals surface area contributed by atoms with Crippen molar-refractivity contribution in [3.05, 3.63) is 58.0 Å². The molecule has 1 saturated heterocycles. The highest BCUT2D eigenvalue weighted by molar-refractivity contribution is 9.10. The second kappa shape index (κ2) is 10.2. The van der Waals surface area contributed by atoms with Gasteiger partial charge in [0.05, 0.1) is 11.5 Å². The van der Waals surface area contributed by atoms with E-state index in [0.717, 1.165) is 28.9 Å². The second-order valence-corrected chi connectivity index (χ2v) is 8.74. The van der Waals surface area contributed by atoms with Gasteiger partial charge in [-0.3, -0.25) is 9.59 Å². The highest BCUT2D eigenvalue weighted by atomic mass is 79.9. The predicted molar refractivity (Wildman–Crippen MR) is 120 cm³/mol. The van der Waals surface area contributed by atoms with E-state index in [2.05, 4.69) is 26.1 Å². The molecule has 0 aliphatic carbocycles. The Kier molecular flexibility index (Phi) is 7.65. The Morgan fingerprint density at radius 1 is 1.04 bits per heavy atom. The molecule has 0 saturated carbocycles. The molecule has 2 amide bonds. The van der Waals surface area contributed by atoms with Crippen molar-refractivity contribution >= 4 is 62.5 Å². The minimum absolute atomic E-state index is 0.0750. The molecule has 148 valence electrons. The van der Waals surface area contributed by atoms with Gasteiger partial charge in [-0.05, 0) is 36.4 Å². The number of halogens is 2. The predicted octanol–water partition coefficient (Wildman–Crippen LogP) is 4.12. The van der Waals surface area contributed by atoms with Gasteiger partial charge >= 0.3 is 0 Å². The summed E-state index contributed by atoms with van der Waals surface area (Å²) in [5, 5.41) is 3.55. The van der Waals surface area contributed by atoms with Crippen molar-refractivity contribution in [3.8, 4) is 0 Å². The quantitative estimate of drug-likeness (QED) is 0.673. The van der Waals surface area contributed by atoms with Crippen molar-refractivity contribution < 1.29 is 9.59 Å². The van der Waals surface area contributed by atoms with Crippen LogP contribution < -0.4 is 10.2 Å². The number of nitrogens with zero attached hydrogens (tertiary/aromatic N) is 2. The second-order valence-electron chi connectivity index (χ2n) is 6.40. The number of benzene rings is 2. The van der Waals surface area contributed by atoms with Crippen molar-refractivity contribution in [2.75, 3.05) is 47.9 Å². The van der Waals surface area contributed by atoms with Crippen LogP contribution in [0.4, 0.5) is 11.4 Å². The van der Waals surface area contributed by atoms with E-state index in [0.29, 0.717) is 23.9 Å². The van der Waals surface area contributed by atoms with E-state index in [1.54, 1.807) is 0 Å². The molecule has 0 radical (unpaired) electrons. The van der Waals surface area contributed by atoms with Crippen molar-refractivity contribution in [2.24, 2.45) is 0 Å². The largest absolute Gasteiger partial charge is 0.368 e. The molecule has 1 aliphatic heterocycles. The monoisotopic (exact) mass is 481 g/mol. The van der Waals surface area contributed by atoms with E-state index in [4.69, 9.17) is 11.6 Å². The van der Waals surface area contributed by atoms with Crippen molar-refractivity contribution in [1.82, 2.24) is 4.90 Å². The van der Waals surface area contributed by atoms with Crippen LogP contribution in [0.1, 0.15) is 0 Å². The van der Waals surface area contributed by atoms with E-state index in [9.17, 15) is 9.59 Å². The summed E-state index contributed by atoms with van der Waals surface area (Å²) >= 11 is 10.8. The number of anilines is 2. The molecule has 1 heterocycles. The van der Waals surface area contributed by atoms with Crippen LogP contribution in [-0.4, -0.2) is 54.4 Å². The zero-order valence-electron chi connectivity index (χ0n) is 15.2. The zero-order valence-corrected chi connectivity index (χ0v) is 18.4. The first-order valence-corrected chi connectivity index (χ1v) is 11.3. The number of amides is 2. The standard InChI is InChI=1S/C20H21BrClN3O2S/c21-15-3-1-5-17(11-15)23-19(26)13-28-14-20(27)25-9-7-24(8-10-25)18-6-2-4-16(22)12-18/h1-6,11-12H,7-10,13-14H2,(H,23,26). The first-order valence-electron chi connectivity index (χ1n) is 8.93. The number of hydrogen-bond acceptors (Lipinski definition) is 4. The van der Waals surface area contributed by atoms with E-state index < -0.39 is 0 Å². The maximum Gasteiger partial charge on any atom is 0.234 e. The van der Waals surface area contributed by atoms with Gasteiger partial charge in [0.2, 0.25) is 11.8 Å². The summed E-state index contributed by atoms with van der Waals surface area (Å²) in [5.41, 5.74) is 1.82. The molecule has 2 aromatic carbocycles. The summed E-state index contributed by atoms with van der Waals surface area (Å²) in [4.78, 5) is 28.5. The van der Waals surface area contributed by atoms with Crippen molar-refractivity contribution in [3.63, 3.8) is 0 Å². The van der Waals surface area contributed by atoms with Gasteiger partial charge in [0.15, 0.2) is 0 Å². The molecule has 8 heteroatoms. The van der Waals surface area contributed by atoms with Gasteiger partial charge in [0, 0.05) is 47.0 Å². The number of nitrogens with one attached hydrogen (secondary N) is 1. The molecule has 1 fully saturated rings. The van der Waals surface area contributed by atoms with Crippen LogP contribution in [0, 0.1) is 0 Å². The Morgan fingerprint density at radius 3 is 2.50 bits per heavy atom. The van der Waals surface area contributed by atoms with Crippen molar-refractivity contribution in [2.45, 2.75) is 0 Å². The fraction of sp³-hybridized carbons (Fsp3) is 0.300. The van der Waals surface area contributed by atoms with Crippen LogP contribution in [0.3, 0.4) is 0 Å². The van der Waals surface area contributed by atoms with E-state index in [1.165, 1.54) is 11.8 Å². The summed E-state index contributed by atoms with van der Waals surface area (Å²) in [6.07, 6.45) is 0. The Bertz CT molecular complexity index is 844. The average Bonchev–Trinajstić information content (AvgIpc) is 2.68. The third-order valence-corrected chi connectivity index (χ3v) is 6.02. The Labute approximate surface area is 182 Å². The summed E-state index contributed by atoms with van der Waals surface area (Å²) in [6.45, 7) is 2.91. The van der Waals surface area contributed by atoms with Gasteiger partial charge in [0.25, 0.3) is 0 Å². The van der Waals surface area contributed by atoms with E-state index in [-0.39, 0.29) is 17.6 Å². The fourth-order valence-electron chi connectivity index (χ4n) is 2.97. The van der Waals surface area contributed by atoms with Crippen LogP contribution in [0.2, 0.25) is 5.02 Å². The highest BCUT2D eigenvalue weighted by Gasteiger charge is 2.21. The highest BCUT2D eigenvalue weighted by Crippen LogP contribution is 2.21. The van der Waals surface area contributed by atoms with Gasteiger partial charge in [-0.2, -0.15) is 0 Å². The van der Waals surface area contributed by atoms with E-state index >= 15 is 0 Å². The lowest BCUT2D eigenvalue weighted by molar-refractivity contribution is -0.128.